The van der Waals surface area contributed by atoms with Crippen molar-refractivity contribution in [2.24, 2.45) is 11.3 Å². The number of likely N-dealkylation sites (N-methyl/N-ethyl adjacent to an activating group) is 1. The molecule has 0 bridgehead atoms. The van der Waals surface area contributed by atoms with E-state index >= 15 is 0 Å². The van der Waals surface area contributed by atoms with Crippen LogP contribution in [0.15, 0.2) is 0 Å². The van der Waals surface area contributed by atoms with Crippen LogP contribution in [0.3, 0.4) is 0 Å². The Hall–Kier alpha value is -0.770. The highest BCUT2D eigenvalue weighted by Crippen LogP contribution is 2.17. The molecule has 20 heavy (non-hydrogen) atoms. The Bertz CT molecular complexity index is 310. The van der Waals surface area contributed by atoms with E-state index in [0.29, 0.717) is 5.92 Å². The average molecular weight is 284 g/mol. The Morgan fingerprint density at radius 3 is 2.60 bits per heavy atom. The van der Waals surface area contributed by atoms with E-state index in [2.05, 4.69) is 46.6 Å². The fourth-order valence-electron chi connectivity index (χ4n) is 2.76. The molecular formula is C16H32N2O2. The van der Waals surface area contributed by atoms with Gasteiger partial charge in [0.05, 0.1) is 6.54 Å². The number of hydrogen-bond acceptors (Lipinski definition) is 3. The van der Waals surface area contributed by atoms with E-state index < -0.39 is 0 Å². The average Bonchev–Trinajstić information content (AvgIpc) is 2.55. The predicted molar refractivity (Wildman–Crippen MR) is 82.9 cm³/mol. The largest absolute Gasteiger partial charge is 0.443 e. The topological polar surface area (TPSA) is 32.8 Å². The number of amides is 1. The molecule has 1 fully saturated rings. The standard InChI is InChI=1S/C16H32N2O2/c1-13(2)8-7-9-18-11-14(20-15(18)19)10-17(6)12-16(3,4)5/h13-14H,7-12H2,1-6H3/t14-/m1/s1. The quantitative estimate of drug-likeness (QED) is 0.719. The molecule has 1 rings (SSSR count). The Balaban J connectivity index is 2.31. The zero-order valence-corrected chi connectivity index (χ0v) is 14.1. The van der Waals surface area contributed by atoms with Gasteiger partial charge in [-0.1, -0.05) is 34.6 Å². The number of carbonyl (C=O) groups excluding carboxylic acids is 1. The zero-order chi connectivity index (χ0) is 15.3. The van der Waals surface area contributed by atoms with Crippen molar-refractivity contribution >= 4 is 6.09 Å². The Kier molecular flexibility index (Phi) is 6.31. The van der Waals surface area contributed by atoms with Crippen LogP contribution in [0.5, 0.6) is 0 Å². The van der Waals surface area contributed by atoms with Gasteiger partial charge in [0.1, 0.15) is 6.10 Å². The van der Waals surface area contributed by atoms with Crippen molar-refractivity contribution < 1.29 is 9.53 Å². The molecule has 0 spiro atoms. The molecule has 1 aliphatic heterocycles. The lowest BCUT2D eigenvalue weighted by Crippen LogP contribution is -2.37. The molecule has 0 aliphatic carbocycles. The second-order valence-electron chi connectivity index (χ2n) is 7.75. The molecule has 4 nitrogen and oxygen atoms in total. The SMILES string of the molecule is CC(C)CCCN1C[C@@H](CN(C)CC(C)(C)C)OC1=O. The first kappa shape index (κ1) is 17.3. The Labute approximate surface area is 124 Å². The van der Waals surface area contributed by atoms with Gasteiger partial charge in [-0.25, -0.2) is 4.79 Å². The van der Waals surface area contributed by atoms with E-state index in [1.807, 2.05) is 4.90 Å². The van der Waals surface area contributed by atoms with Crippen molar-refractivity contribution in [2.75, 3.05) is 33.2 Å². The van der Waals surface area contributed by atoms with Crippen LogP contribution < -0.4 is 0 Å². The summed E-state index contributed by atoms with van der Waals surface area (Å²) in [7, 11) is 2.10. The van der Waals surface area contributed by atoms with E-state index in [-0.39, 0.29) is 17.6 Å². The highest BCUT2D eigenvalue weighted by atomic mass is 16.6. The lowest BCUT2D eigenvalue weighted by atomic mass is 9.96. The molecule has 1 saturated heterocycles. The lowest BCUT2D eigenvalue weighted by molar-refractivity contribution is 0.103. The van der Waals surface area contributed by atoms with E-state index in [1.165, 1.54) is 6.42 Å². The number of nitrogens with zero attached hydrogens (tertiary/aromatic N) is 2. The number of hydrogen-bond donors (Lipinski definition) is 0. The van der Waals surface area contributed by atoms with Gasteiger partial charge in [-0.15, -0.1) is 0 Å². The number of cyclic esters (lactones) is 1. The molecule has 118 valence electrons. The van der Waals surface area contributed by atoms with Crippen molar-refractivity contribution in [3.8, 4) is 0 Å². The molecule has 0 aromatic heterocycles. The lowest BCUT2D eigenvalue weighted by Gasteiger charge is -2.27. The highest BCUT2D eigenvalue weighted by molar-refractivity contribution is 5.69. The predicted octanol–water partition coefficient (Wildman–Crippen LogP) is 3.22. The van der Waals surface area contributed by atoms with Gasteiger partial charge in [-0.2, -0.15) is 0 Å². The highest BCUT2D eigenvalue weighted by Gasteiger charge is 2.31. The Morgan fingerprint density at radius 1 is 1.40 bits per heavy atom. The Morgan fingerprint density at radius 2 is 2.05 bits per heavy atom. The maximum absolute atomic E-state index is 11.8. The van der Waals surface area contributed by atoms with Crippen LogP contribution in [0.1, 0.15) is 47.5 Å². The third kappa shape index (κ3) is 6.60. The first-order chi connectivity index (χ1) is 9.17. The van der Waals surface area contributed by atoms with Crippen LogP contribution in [-0.4, -0.2) is 55.2 Å². The van der Waals surface area contributed by atoms with Crippen molar-refractivity contribution in [2.45, 2.75) is 53.6 Å². The van der Waals surface area contributed by atoms with Gasteiger partial charge >= 0.3 is 6.09 Å². The molecule has 1 amide bonds. The van der Waals surface area contributed by atoms with Crippen molar-refractivity contribution in [1.29, 1.82) is 0 Å². The fourth-order valence-corrected chi connectivity index (χ4v) is 2.76. The maximum atomic E-state index is 11.8. The molecule has 0 aromatic rings. The summed E-state index contributed by atoms with van der Waals surface area (Å²) < 4.78 is 5.46. The fraction of sp³-hybridized carbons (Fsp3) is 0.938. The molecule has 4 heteroatoms. The number of carbonyl (C=O) groups is 1. The molecule has 1 heterocycles. The van der Waals surface area contributed by atoms with Crippen LogP contribution in [0, 0.1) is 11.3 Å². The molecule has 0 saturated carbocycles. The van der Waals surface area contributed by atoms with Crippen molar-refractivity contribution in [1.82, 2.24) is 9.80 Å². The number of rotatable bonds is 7. The van der Waals surface area contributed by atoms with Crippen molar-refractivity contribution in [3.63, 3.8) is 0 Å². The smallest absolute Gasteiger partial charge is 0.410 e. The van der Waals surface area contributed by atoms with Crippen LogP contribution in [0.4, 0.5) is 4.79 Å². The molecule has 1 aliphatic rings. The first-order valence-electron chi connectivity index (χ1n) is 7.81. The van der Waals surface area contributed by atoms with E-state index in [1.54, 1.807) is 0 Å². The van der Waals surface area contributed by atoms with E-state index in [0.717, 1.165) is 32.6 Å². The molecule has 0 radical (unpaired) electrons. The van der Waals surface area contributed by atoms with Crippen LogP contribution in [0.25, 0.3) is 0 Å². The van der Waals surface area contributed by atoms with Crippen LogP contribution >= 0.6 is 0 Å². The minimum atomic E-state index is -0.136. The van der Waals surface area contributed by atoms with Crippen LogP contribution in [0.2, 0.25) is 0 Å². The minimum absolute atomic E-state index is 0.0221. The summed E-state index contributed by atoms with van der Waals surface area (Å²) in [5, 5.41) is 0. The molecule has 0 N–H and O–H groups in total. The molecule has 1 atom stereocenters. The van der Waals surface area contributed by atoms with Gasteiger partial charge < -0.3 is 14.5 Å². The van der Waals surface area contributed by atoms with E-state index in [4.69, 9.17) is 4.74 Å². The monoisotopic (exact) mass is 284 g/mol. The maximum Gasteiger partial charge on any atom is 0.410 e. The summed E-state index contributed by atoms with van der Waals surface area (Å²) in [4.78, 5) is 15.9. The summed E-state index contributed by atoms with van der Waals surface area (Å²) in [5.41, 5.74) is 0.272. The first-order valence-corrected chi connectivity index (χ1v) is 7.81. The van der Waals surface area contributed by atoms with Gasteiger partial charge in [0.15, 0.2) is 0 Å². The third-order valence-electron chi connectivity index (χ3n) is 3.42. The van der Waals surface area contributed by atoms with Gasteiger partial charge in [-0.05, 0) is 31.2 Å². The van der Waals surface area contributed by atoms with Gasteiger partial charge in [-0.3, -0.25) is 0 Å². The van der Waals surface area contributed by atoms with Gasteiger partial charge in [0, 0.05) is 19.6 Å². The second-order valence-corrected chi connectivity index (χ2v) is 7.75. The van der Waals surface area contributed by atoms with Gasteiger partial charge in [0.2, 0.25) is 0 Å². The summed E-state index contributed by atoms with van der Waals surface area (Å²) in [5.74, 6) is 0.697. The third-order valence-corrected chi connectivity index (χ3v) is 3.42. The van der Waals surface area contributed by atoms with Gasteiger partial charge in [0.25, 0.3) is 0 Å². The summed E-state index contributed by atoms with van der Waals surface area (Å²) in [6, 6.07) is 0. The molecular weight excluding hydrogens is 252 g/mol. The normalized spacial score (nSPS) is 20.1. The minimum Gasteiger partial charge on any atom is -0.443 e. The van der Waals surface area contributed by atoms with Crippen LogP contribution in [-0.2, 0) is 4.74 Å². The summed E-state index contributed by atoms with van der Waals surface area (Å²) in [6.45, 7) is 14.5. The number of ether oxygens (including phenoxy) is 1. The summed E-state index contributed by atoms with van der Waals surface area (Å²) >= 11 is 0. The zero-order valence-electron chi connectivity index (χ0n) is 14.1. The molecule has 0 unspecified atom stereocenters. The molecule has 0 aromatic carbocycles. The summed E-state index contributed by atoms with van der Waals surface area (Å²) in [6.07, 6.45) is 2.12. The second kappa shape index (κ2) is 7.30. The van der Waals surface area contributed by atoms with E-state index in [9.17, 15) is 4.79 Å². The van der Waals surface area contributed by atoms with Crippen molar-refractivity contribution in [3.05, 3.63) is 0 Å².